The van der Waals surface area contributed by atoms with Crippen molar-refractivity contribution in [2.45, 2.75) is 31.4 Å². The van der Waals surface area contributed by atoms with Crippen molar-refractivity contribution >= 4 is 5.91 Å². The molecule has 0 aromatic heterocycles. The van der Waals surface area contributed by atoms with Crippen LogP contribution in [0, 0.1) is 17.2 Å². The van der Waals surface area contributed by atoms with Gasteiger partial charge in [-0.3, -0.25) is 4.79 Å². The van der Waals surface area contributed by atoms with Crippen molar-refractivity contribution in [1.29, 1.82) is 5.26 Å². The smallest absolute Gasteiger partial charge is 0.235 e. The van der Waals surface area contributed by atoms with Gasteiger partial charge in [0, 0.05) is 19.6 Å². The number of hydrogen-bond acceptors (Lipinski definition) is 5. The molecule has 1 amide bonds. The SMILES string of the molecule is CN1CCO[C@@H](CNCC(=O)N[C@](C)(C#N)C2CC2)C1. The van der Waals surface area contributed by atoms with Gasteiger partial charge in [0.2, 0.25) is 5.91 Å². The van der Waals surface area contributed by atoms with Crippen molar-refractivity contribution in [3.05, 3.63) is 0 Å². The molecule has 0 unspecified atom stereocenters. The molecule has 112 valence electrons. The highest BCUT2D eigenvalue weighted by Gasteiger charge is 2.42. The summed E-state index contributed by atoms with van der Waals surface area (Å²) in [5.41, 5.74) is -0.708. The molecule has 2 fully saturated rings. The molecule has 20 heavy (non-hydrogen) atoms. The van der Waals surface area contributed by atoms with E-state index in [1.165, 1.54) is 0 Å². The third-order valence-electron chi connectivity index (χ3n) is 4.02. The second-order valence-electron chi connectivity index (χ2n) is 6.02. The normalized spacial score (nSPS) is 26.6. The van der Waals surface area contributed by atoms with Crippen LogP contribution < -0.4 is 10.6 Å². The van der Waals surface area contributed by atoms with E-state index in [4.69, 9.17) is 4.74 Å². The zero-order valence-electron chi connectivity index (χ0n) is 12.3. The zero-order chi connectivity index (χ0) is 14.6. The number of nitrogens with one attached hydrogen (secondary N) is 2. The predicted molar refractivity (Wildman–Crippen MR) is 75.0 cm³/mol. The maximum absolute atomic E-state index is 11.9. The fourth-order valence-corrected chi connectivity index (χ4v) is 2.55. The summed E-state index contributed by atoms with van der Waals surface area (Å²) in [6, 6.07) is 2.23. The van der Waals surface area contributed by atoms with Crippen molar-refractivity contribution in [1.82, 2.24) is 15.5 Å². The number of carbonyl (C=O) groups excluding carboxylic acids is 1. The topological polar surface area (TPSA) is 77.4 Å². The number of likely N-dealkylation sites (N-methyl/N-ethyl adjacent to an activating group) is 1. The van der Waals surface area contributed by atoms with E-state index in [9.17, 15) is 10.1 Å². The molecule has 1 aliphatic carbocycles. The van der Waals surface area contributed by atoms with Crippen LogP contribution in [0.4, 0.5) is 0 Å². The van der Waals surface area contributed by atoms with Crippen LogP contribution in [0.1, 0.15) is 19.8 Å². The molecule has 2 aliphatic rings. The van der Waals surface area contributed by atoms with Crippen LogP contribution in [0.25, 0.3) is 0 Å². The zero-order valence-corrected chi connectivity index (χ0v) is 12.3. The van der Waals surface area contributed by atoms with Gasteiger partial charge in [-0.15, -0.1) is 0 Å². The monoisotopic (exact) mass is 280 g/mol. The maximum Gasteiger partial charge on any atom is 0.235 e. The van der Waals surface area contributed by atoms with Gasteiger partial charge in [0.1, 0.15) is 5.54 Å². The second-order valence-corrected chi connectivity index (χ2v) is 6.02. The Morgan fingerprint density at radius 3 is 2.90 bits per heavy atom. The fraction of sp³-hybridized carbons (Fsp3) is 0.857. The van der Waals surface area contributed by atoms with Gasteiger partial charge in [0.05, 0.1) is 25.3 Å². The van der Waals surface area contributed by atoms with Crippen molar-refractivity contribution in [3.8, 4) is 6.07 Å². The molecule has 1 heterocycles. The van der Waals surface area contributed by atoms with Gasteiger partial charge in [-0.1, -0.05) is 0 Å². The van der Waals surface area contributed by atoms with Crippen LogP contribution >= 0.6 is 0 Å². The highest BCUT2D eigenvalue weighted by Crippen LogP contribution is 2.39. The van der Waals surface area contributed by atoms with Crippen LogP contribution in [0.3, 0.4) is 0 Å². The molecule has 0 bridgehead atoms. The molecule has 2 N–H and O–H groups in total. The Balaban J connectivity index is 1.66. The van der Waals surface area contributed by atoms with Gasteiger partial charge in [-0.2, -0.15) is 5.26 Å². The first kappa shape index (κ1) is 15.2. The van der Waals surface area contributed by atoms with Gasteiger partial charge in [0.25, 0.3) is 0 Å². The van der Waals surface area contributed by atoms with Crippen LogP contribution in [0.5, 0.6) is 0 Å². The minimum absolute atomic E-state index is 0.120. The Morgan fingerprint density at radius 1 is 1.55 bits per heavy atom. The standard InChI is InChI=1S/C14H24N4O2/c1-14(10-15,11-3-4-11)17-13(19)8-16-7-12-9-18(2)5-6-20-12/h11-12,16H,3-9H2,1-2H3,(H,17,19)/t12-,14+/m0/s1. The first-order valence-corrected chi connectivity index (χ1v) is 7.26. The fourth-order valence-electron chi connectivity index (χ4n) is 2.55. The third kappa shape index (κ3) is 4.17. The summed E-state index contributed by atoms with van der Waals surface area (Å²) >= 11 is 0. The van der Waals surface area contributed by atoms with Gasteiger partial charge < -0.3 is 20.3 Å². The van der Waals surface area contributed by atoms with Crippen molar-refractivity contribution in [2.24, 2.45) is 5.92 Å². The number of nitriles is 1. The van der Waals surface area contributed by atoms with E-state index in [-0.39, 0.29) is 18.6 Å². The molecule has 6 nitrogen and oxygen atoms in total. The number of morpholine rings is 1. The Morgan fingerprint density at radius 2 is 2.30 bits per heavy atom. The summed E-state index contributed by atoms with van der Waals surface area (Å²) < 4.78 is 5.61. The molecular weight excluding hydrogens is 256 g/mol. The minimum Gasteiger partial charge on any atom is -0.374 e. The van der Waals surface area contributed by atoms with Crippen molar-refractivity contribution in [3.63, 3.8) is 0 Å². The Kier molecular flexibility index (Phi) is 4.97. The van der Waals surface area contributed by atoms with E-state index in [0.717, 1.165) is 32.5 Å². The molecule has 2 rings (SSSR count). The average molecular weight is 280 g/mol. The molecule has 6 heteroatoms. The van der Waals surface area contributed by atoms with E-state index in [1.807, 2.05) is 6.92 Å². The lowest BCUT2D eigenvalue weighted by atomic mass is 9.98. The molecule has 0 aromatic rings. The number of carbonyl (C=O) groups is 1. The molecule has 1 aliphatic heterocycles. The second kappa shape index (κ2) is 6.53. The summed E-state index contributed by atoms with van der Waals surface area (Å²) in [6.45, 7) is 5.27. The Hall–Kier alpha value is -1.16. The van der Waals surface area contributed by atoms with E-state index in [1.54, 1.807) is 0 Å². The molecule has 0 radical (unpaired) electrons. The first-order chi connectivity index (χ1) is 9.53. The van der Waals surface area contributed by atoms with Gasteiger partial charge in [-0.05, 0) is 32.7 Å². The highest BCUT2D eigenvalue weighted by molar-refractivity contribution is 5.79. The summed E-state index contributed by atoms with van der Waals surface area (Å²) in [6.07, 6.45) is 2.19. The van der Waals surface area contributed by atoms with Gasteiger partial charge in [-0.25, -0.2) is 0 Å². The molecule has 1 saturated carbocycles. The minimum atomic E-state index is -0.708. The number of hydrogen-bond donors (Lipinski definition) is 2. The van der Waals surface area contributed by atoms with E-state index < -0.39 is 5.54 Å². The van der Waals surface area contributed by atoms with Gasteiger partial charge in [0.15, 0.2) is 0 Å². The average Bonchev–Trinajstić information content (AvgIpc) is 3.23. The van der Waals surface area contributed by atoms with Crippen molar-refractivity contribution in [2.75, 3.05) is 39.8 Å². The number of nitrogens with zero attached hydrogens (tertiary/aromatic N) is 2. The lowest BCUT2D eigenvalue weighted by Gasteiger charge is -2.30. The molecule has 0 aromatic carbocycles. The van der Waals surface area contributed by atoms with Crippen LogP contribution in [0.15, 0.2) is 0 Å². The Labute approximate surface area is 120 Å². The quantitative estimate of drug-likeness (QED) is 0.699. The lowest BCUT2D eigenvalue weighted by molar-refractivity contribution is -0.121. The summed E-state index contributed by atoms with van der Waals surface area (Å²) in [5.74, 6) is 0.192. The van der Waals surface area contributed by atoms with Crippen molar-refractivity contribution < 1.29 is 9.53 Å². The van der Waals surface area contributed by atoms with Crippen LogP contribution in [0.2, 0.25) is 0 Å². The summed E-state index contributed by atoms with van der Waals surface area (Å²) in [5, 5.41) is 15.1. The number of ether oxygens (including phenoxy) is 1. The largest absolute Gasteiger partial charge is 0.374 e. The molecule has 2 atom stereocenters. The number of rotatable bonds is 6. The summed E-state index contributed by atoms with van der Waals surface area (Å²) in [7, 11) is 2.07. The first-order valence-electron chi connectivity index (χ1n) is 7.26. The number of amides is 1. The molecular formula is C14H24N4O2. The Bertz CT molecular complexity index is 391. The van der Waals surface area contributed by atoms with E-state index in [0.29, 0.717) is 12.5 Å². The van der Waals surface area contributed by atoms with Crippen LogP contribution in [-0.4, -0.2) is 62.3 Å². The molecule has 0 spiro atoms. The maximum atomic E-state index is 11.9. The third-order valence-corrected chi connectivity index (χ3v) is 4.02. The predicted octanol–water partition coefficient (Wildman–Crippen LogP) is -0.285. The van der Waals surface area contributed by atoms with E-state index in [2.05, 4.69) is 28.7 Å². The molecule has 1 saturated heterocycles. The van der Waals surface area contributed by atoms with Crippen LogP contribution in [-0.2, 0) is 9.53 Å². The van der Waals surface area contributed by atoms with E-state index >= 15 is 0 Å². The summed E-state index contributed by atoms with van der Waals surface area (Å²) in [4.78, 5) is 14.1. The highest BCUT2D eigenvalue weighted by atomic mass is 16.5. The van der Waals surface area contributed by atoms with Gasteiger partial charge >= 0.3 is 0 Å². The lowest BCUT2D eigenvalue weighted by Crippen LogP contribution is -2.51.